The van der Waals surface area contributed by atoms with Crippen molar-refractivity contribution in [1.82, 2.24) is 5.32 Å². The van der Waals surface area contributed by atoms with Gasteiger partial charge in [-0.3, -0.25) is 0 Å². The van der Waals surface area contributed by atoms with E-state index in [2.05, 4.69) is 42.6 Å². The second kappa shape index (κ2) is 6.91. The molecule has 1 fully saturated rings. The van der Waals surface area contributed by atoms with Crippen LogP contribution in [0.4, 0.5) is 0 Å². The molecule has 1 aliphatic carbocycles. The standard InChI is InChI=1S/C16H26N2/c1-13(11-14-7-3-2-4-8-14)18-16-10-6-5-9-15(16)12-17/h2-4,7-8,13,15-16,18H,5-6,9-12,17H2,1H3. The molecule has 2 rings (SSSR count). The van der Waals surface area contributed by atoms with Gasteiger partial charge in [0.1, 0.15) is 0 Å². The fraction of sp³-hybridized carbons (Fsp3) is 0.625. The lowest BCUT2D eigenvalue weighted by molar-refractivity contribution is 0.251. The second-order valence-corrected chi connectivity index (χ2v) is 5.64. The summed E-state index contributed by atoms with van der Waals surface area (Å²) >= 11 is 0. The Kier molecular flexibility index (Phi) is 5.21. The van der Waals surface area contributed by atoms with Gasteiger partial charge in [0, 0.05) is 12.1 Å². The minimum absolute atomic E-state index is 0.532. The summed E-state index contributed by atoms with van der Waals surface area (Å²) < 4.78 is 0. The van der Waals surface area contributed by atoms with Crippen molar-refractivity contribution >= 4 is 0 Å². The Balaban J connectivity index is 1.84. The second-order valence-electron chi connectivity index (χ2n) is 5.64. The summed E-state index contributed by atoms with van der Waals surface area (Å²) in [6, 6.07) is 11.9. The molecule has 100 valence electrons. The van der Waals surface area contributed by atoms with E-state index in [4.69, 9.17) is 5.73 Å². The van der Waals surface area contributed by atoms with Crippen LogP contribution in [-0.4, -0.2) is 18.6 Å². The Labute approximate surface area is 111 Å². The first-order valence-corrected chi connectivity index (χ1v) is 7.29. The van der Waals surface area contributed by atoms with Gasteiger partial charge in [-0.25, -0.2) is 0 Å². The number of hydrogen-bond donors (Lipinski definition) is 2. The first-order valence-electron chi connectivity index (χ1n) is 7.29. The van der Waals surface area contributed by atoms with E-state index in [1.54, 1.807) is 0 Å². The van der Waals surface area contributed by atoms with Crippen molar-refractivity contribution < 1.29 is 0 Å². The van der Waals surface area contributed by atoms with E-state index in [1.165, 1.54) is 31.2 Å². The van der Waals surface area contributed by atoms with Crippen molar-refractivity contribution in [2.75, 3.05) is 6.54 Å². The molecule has 18 heavy (non-hydrogen) atoms. The molecule has 3 unspecified atom stereocenters. The van der Waals surface area contributed by atoms with Gasteiger partial charge in [-0.15, -0.1) is 0 Å². The Hall–Kier alpha value is -0.860. The zero-order valence-electron chi connectivity index (χ0n) is 11.4. The topological polar surface area (TPSA) is 38.0 Å². The maximum absolute atomic E-state index is 5.88. The first-order chi connectivity index (χ1) is 8.79. The summed E-state index contributed by atoms with van der Waals surface area (Å²) in [5.41, 5.74) is 7.30. The van der Waals surface area contributed by atoms with Crippen LogP contribution < -0.4 is 11.1 Å². The lowest BCUT2D eigenvalue weighted by Gasteiger charge is -2.33. The molecule has 0 bridgehead atoms. The maximum atomic E-state index is 5.88. The quantitative estimate of drug-likeness (QED) is 0.838. The number of nitrogens with one attached hydrogen (secondary N) is 1. The number of benzene rings is 1. The highest BCUT2D eigenvalue weighted by atomic mass is 15.0. The Morgan fingerprint density at radius 3 is 2.67 bits per heavy atom. The molecular weight excluding hydrogens is 220 g/mol. The van der Waals surface area contributed by atoms with Gasteiger partial charge < -0.3 is 11.1 Å². The summed E-state index contributed by atoms with van der Waals surface area (Å²) in [6.45, 7) is 3.12. The fourth-order valence-corrected chi connectivity index (χ4v) is 3.10. The predicted octanol–water partition coefficient (Wildman–Crippen LogP) is 2.72. The van der Waals surface area contributed by atoms with Crippen LogP contribution in [-0.2, 0) is 6.42 Å². The summed E-state index contributed by atoms with van der Waals surface area (Å²) in [5, 5.41) is 3.79. The van der Waals surface area contributed by atoms with E-state index in [0.29, 0.717) is 18.0 Å². The smallest absolute Gasteiger partial charge is 0.0110 e. The highest BCUT2D eigenvalue weighted by molar-refractivity contribution is 5.15. The zero-order chi connectivity index (χ0) is 12.8. The fourth-order valence-electron chi connectivity index (χ4n) is 3.10. The van der Waals surface area contributed by atoms with Crippen molar-refractivity contribution in [2.45, 2.75) is 51.1 Å². The van der Waals surface area contributed by atoms with Gasteiger partial charge in [0.15, 0.2) is 0 Å². The normalized spacial score (nSPS) is 25.9. The van der Waals surface area contributed by atoms with Crippen LogP contribution in [0.25, 0.3) is 0 Å². The molecule has 0 radical (unpaired) electrons. The van der Waals surface area contributed by atoms with Crippen molar-refractivity contribution in [2.24, 2.45) is 11.7 Å². The molecule has 3 atom stereocenters. The van der Waals surface area contributed by atoms with Gasteiger partial charge in [0.2, 0.25) is 0 Å². The summed E-state index contributed by atoms with van der Waals surface area (Å²) in [7, 11) is 0. The van der Waals surface area contributed by atoms with E-state index < -0.39 is 0 Å². The van der Waals surface area contributed by atoms with Crippen molar-refractivity contribution in [3.63, 3.8) is 0 Å². The molecule has 0 aromatic heterocycles. The molecule has 0 heterocycles. The predicted molar refractivity (Wildman–Crippen MR) is 77.5 cm³/mol. The molecule has 3 N–H and O–H groups in total. The van der Waals surface area contributed by atoms with E-state index in [9.17, 15) is 0 Å². The summed E-state index contributed by atoms with van der Waals surface area (Å²) in [5.74, 6) is 0.678. The largest absolute Gasteiger partial charge is 0.330 e. The minimum atomic E-state index is 0.532. The molecule has 0 spiro atoms. The van der Waals surface area contributed by atoms with Crippen LogP contribution in [0.5, 0.6) is 0 Å². The maximum Gasteiger partial charge on any atom is 0.0110 e. The highest BCUT2D eigenvalue weighted by Crippen LogP contribution is 2.24. The Morgan fingerprint density at radius 1 is 1.22 bits per heavy atom. The van der Waals surface area contributed by atoms with E-state index in [1.807, 2.05) is 0 Å². The van der Waals surface area contributed by atoms with E-state index >= 15 is 0 Å². The molecule has 2 heteroatoms. The first kappa shape index (κ1) is 13.6. The Bertz CT molecular complexity index is 336. The van der Waals surface area contributed by atoms with Gasteiger partial charge in [0.25, 0.3) is 0 Å². The van der Waals surface area contributed by atoms with Crippen LogP contribution in [0.2, 0.25) is 0 Å². The molecule has 1 aromatic carbocycles. The van der Waals surface area contributed by atoms with Crippen LogP contribution in [0.15, 0.2) is 30.3 Å². The van der Waals surface area contributed by atoms with Gasteiger partial charge >= 0.3 is 0 Å². The molecular formula is C16H26N2. The molecule has 0 aliphatic heterocycles. The Morgan fingerprint density at radius 2 is 1.94 bits per heavy atom. The molecule has 0 amide bonds. The molecule has 0 saturated heterocycles. The van der Waals surface area contributed by atoms with E-state index in [-0.39, 0.29) is 0 Å². The van der Waals surface area contributed by atoms with Crippen LogP contribution in [0, 0.1) is 5.92 Å². The third-order valence-electron chi connectivity index (χ3n) is 4.10. The third kappa shape index (κ3) is 3.82. The van der Waals surface area contributed by atoms with Crippen molar-refractivity contribution in [1.29, 1.82) is 0 Å². The number of nitrogens with two attached hydrogens (primary N) is 1. The third-order valence-corrected chi connectivity index (χ3v) is 4.10. The van der Waals surface area contributed by atoms with Crippen LogP contribution >= 0.6 is 0 Å². The number of hydrogen-bond acceptors (Lipinski definition) is 2. The van der Waals surface area contributed by atoms with Gasteiger partial charge in [-0.05, 0) is 44.2 Å². The SMILES string of the molecule is CC(Cc1ccccc1)NC1CCCCC1CN. The summed E-state index contributed by atoms with van der Waals surface area (Å²) in [4.78, 5) is 0. The van der Waals surface area contributed by atoms with Crippen molar-refractivity contribution in [3.05, 3.63) is 35.9 Å². The monoisotopic (exact) mass is 246 g/mol. The lowest BCUT2D eigenvalue weighted by atomic mass is 9.84. The van der Waals surface area contributed by atoms with Crippen LogP contribution in [0.3, 0.4) is 0 Å². The molecule has 2 nitrogen and oxygen atoms in total. The zero-order valence-corrected chi connectivity index (χ0v) is 11.4. The van der Waals surface area contributed by atoms with Crippen LogP contribution in [0.1, 0.15) is 38.2 Å². The molecule has 1 aliphatic rings. The van der Waals surface area contributed by atoms with Gasteiger partial charge in [-0.2, -0.15) is 0 Å². The molecule has 1 aromatic rings. The summed E-state index contributed by atoms with van der Waals surface area (Å²) in [6.07, 6.45) is 6.40. The minimum Gasteiger partial charge on any atom is -0.330 e. The number of rotatable bonds is 5. The van der Waals surface area contributed by atoms with Gasteiger partial charge in [-0.1, -0.05) is 43.2 Å². The van der Waals surface area contributed by atoms with Gasteiger partial charge in [0.05, 0.1) is 0 Å². The van der Waals surface area contributed by atoms with E-state index in [0.717, 1.165) is 13.0 Å². The highest BCUT2D eigenvalue weighted by Gasteiger charge is 2.24. The van der Waals surface area contributed by atoms with Crippen molar-refractivity contribution in [3.8, 4) is 0 Å². The average Bonchev–Trinajstić information content (AvgIpc) is 2.40. The lowest BCUT2D eigenvalue weighted by Crippen LogP contribution is -2.46. The molecule has 1 saturated carbocycles. The average molecular weight is 246 g/mol.